The van der Waals surface area contributed by atoms with E-state index in [9.17, 15) is 5.11 Å². The summed E-state index contributed by atoms with van der Waals surface area (Å²) in [5.41, 5.74) is 3.89. The first-order valence-corrected chi connectivity index (χ1v) is 12.6. The van der Waals surface area contributed by atoms with Crippen LogP contribution in [-0.4, -0.2) is 55.7 Å². The Kier molecular flexibility index (Phi) is 6.44. The summed E-state index contributed by atoms with van der Waals surface area (Å²) < 4.78 is 1.61. The number of benzene rings is 2. The third kappa shape index (κ3) is 4.53. The standard InChI is InChI=1S/C26H31N5OS/c1-3-19-10-12-21(13-11-19)23(24-25(32)31-26(33-24)27-22(4-2)28-31)30-16-14-29(15-17-30)18-20-8-6-5-7-9-20/h5-13,23,32H,3-4,14-18H2,1-2H3. The Labute approximate surface area is 199 Å². The maximum Gasteiger partial charge on any atom is 0.230 e. The third-order valence-electron chi connectivity index (χ3n) is 6.53. The van der Waals surface area contributed by atoms with Crippen LogP contribution in [0, 0.1) is 0 Å². The van der Waals surface area contributed by atoms with Crippen LogP contribution in [0.3, 0.4) is 0 Å². The van der Waals surface area contributed by atoms with E-state index < -0.39 is 0 Å². The minimum Gasteiger partial charge on any atom is -0.492 e. The molecule has 5 rings (SSSR count). The van der Waals surface area contributed by atoms with Crippen LogP contribution in [0.4, 0.5) is 0 Å². The molecular weight excluding hydrogens is 430 g/mol. The van der Waals surface area contributed by atoms with Crippen molar-refractivity contribution < 1.29 is 5.11 Å². The van der Waals surface area contributed by atoms with Gasteiger partial charge in [-0.25, -0.2) is 4.98 Å². The summed E-state index contributed by atoms with van der Waals surface area (Å²) in [4.78, 5) is 11.3. The lowest BCUT2D eigenvalue weighted by molar-refractivity contribution is 0.105. The van der Waals surface area contributed by atoms with Gasteiger partial charge in [-0.2, -0.15) is 4.52 Å². The van der Waals surface area contributed by atoms with Crippen LogP contribution in [0.15, 0.2) is 54.6 Å². The first-order valence-electron chi connectivity index (χ1n) is 11.8. The number of rotatable bonds is 7. The fraction of sp³-hybridized carbons (Fsp3) is 0.385. The third-order valence-corrected chi connectivity index (χ3v) is 7.61. The monoisotopic (exact) mass is 461 g/mol. The molecule has 1 aliphatic heterocycles. The fourth-order valence-electron chi connectivity index (χ4n) is 4.60. The number of hydrogen-bond donors (Lipinski definition) is 1. The van der Waals surface area contributed by atoms with E-state index in [1.54, 1.807) is 15.9 Å². The number of thiazole rings is 1. The van der Waals surface area contributed by atoms with Crippen molar-refractivity contribution in [2.24, 2.45) is 0 Å². The van der Waals surface area contributed by atoms with Crippen molar-refractivity contribution in [2.45, 2.75) is 39.3 Å². The van der Waals surface area contributed by atoms with E-state index in [1.165, 1.54) is 16.7 Å². The van der Waals surface area contributed by atoms with Gasteiger partial charge < -0.3 is 5.11 Å². The number of hydrogen-bond acceptors (Lipinski definition) is 6. The zero-order valence-corrected chi connectivity index (χ0v) is 20.1. The number of aromatic nitrogens is 3. The van der Waals surface area contributed by atoms with E-state index >= 15 is 0 Å². The van der Waals surface area contributed by atoms with Crippen molar-refractivity contribution in [2.75, 3.05) is 26.2 Å². The van der Waals surface area contributed by atoms with E-state index in [1.807, 2.05) is 6.92 Å². The first kappa shape index (κ1) is 22.1. The van der Waals surface area contributed by atoms with Gasteiger partial charge in [0.1, 0.15) is 0 Å². The molecule has 0 spiro atoms. The molecule has 1 saturated heterocycles. The van der Waals surface area contributed by atoms with E-state index in [0.717, 1.165) is 61.2 Å². The highest BCUT2D eigenvalue weighted by Gasteiger charge is 2.31. The number of aromatic hydroxyl groups is 1. The van der Waals surface area contributed by atoms with Crippen LogP contribution < -0.4 is 0 Å². The van der Waals surface area contributed by atoms with Gasteiger partial charge in [-0.3, -0.25) is 9.80 Å². The molecule has 33 heavy (non-hydrogen) atoms. The van der Waals surface area contributed by atoms with Crippen molar-refractivity contribution in [3.63, 3.8) is 0 Å². The summed E-state index contributed by atoms with van der Waals surface area (Å²) in [6.07, 6.45) is 1.78. The Morgan fingerprint density at radius 3 is 2.27 bits per heavy atom. The summed E-state index contributed by atoms with van der Waals surface area (Å²) >= 11 is 1.55. The summed E-state index contributed by atoms with van der Waals surface area (Å²) in [6, 6.07) is 19.5. The average molecular weight is 462 g/mol. The van der Waals surface area contributed by atoms with Gasteiger partial charge in [-0.1, -0.05) is 79.8 Å². The van der Waals surface area contributed by atoms with E-state index in [0.29, 0.717) is 0 Å². The normalized spacial score (nSPS) is 16.4. The predicted octanol–water partition coefficient (Wildman–Crippen LogP) is 4.53. The van der Waals surface area contributed by atoms with Gasteiger partial charge in [0.2, 0.25) is 10.8 Å². The predicted molar refractivity (Wildman–Crippen MR) is 133 cm³/mol. The van der Waals surface area contributed by atoms with Crippen molar-refractivity contribution in [3.8, 4) is 5.88 Å². The molecular formula is C26H31N5OS. The largest absolute Gasteiger partial charge is 0.492 e. The molecule has 2 aromatic heterocycles. The summed E-state index contributed by atoms with van der Waals surface area (Å²) in [5.74, 6) is 0.986. The van der Waals surface area contributed by atoms with Crippen molar-refractivity contribution in [1.82, 2.24) is 24.4 Å². The second kappa shape index (κ2) is 9.63. The van der Waals surface area contributed by atoms with Crippen LogP contribution in [0.2, 0.25) is 0 Å². The summed E-state index contributed by atoms with van der Waals surface area (Å²) in [6.45, 7) is 9.08. The maximum absolute atomic E-state index is 11.1. The van der Waals surface area contributed by atoms with Crippen molar-refractivity contribution in [1.29, 1.82) is 0 Å². The van der Waals surface area contributed by atoms with Gasteiger partial charge in [0, 0.05) is 39.1 Å². The maximum atomic E-state index is 11.1. The quantitative estimate of drug-likeness (QED) is 0.438. The highest BCUT2D eigenvalue weighted by Crippen LogP contribution is 2.40. The first-order chi connectivity index (χ1) is 16.2. The lowest BCUT2D eigenvalue weighted by Crippen LogP contribution is -2.47. The van der Waals surface area contributed by atoms with Crippen LogP contribution in [0.1, 0.15) is 47.3 Å². The van der Waals surface area contributed by atoms with Crippen LogP contribution in [0.5, 0.6) is 5.88 Å². The van der Waals surface area contributed by atoms with Gasteiger partial charge in [0.25, 0.3) is 0 Å². The van der Waals surface area contributed by atoms with E-state index in [4.69, 9.17) is 0 Å². The zero-order chi connectivity index (χ0) is 22.8. The second-order valence-corrected chi connectivity index (χ2v) is 9.67. The lowest BCUT2D eigenvalue weighted by atomic mass is 10.0. The minimum absolute atomic E-state index is 0.00615. The van der Waals surface area contributed by atoms with Gasteiger partial charge in [0.05, 0.1) is 10.9 Å². The highest BCUT2D eigenvalue weighted by atomic mass is 32.1. The van der Waals surface area contributed by atoms with Crippen molar-refractivity contribution in [3.05, 3.63) is 82.0 Å². The molecule has 7 heteroatoms. The Morgan fingerprint density at radius 2 is 1.64 bits per heavy atom. The highest BCUT2D eigenvalue weighted by molar-refractivity contribution is 7.17. The van der Waals surface area contributed by atoms with Gasteiger partial charge in [0.15, 0.2) is 5.82 Å². The Bertz CT molecular complexity index is 1190. The lowest BCUT2D eigenvalue weighted by Gasteiger charge is -2.39. The molecule has 0 saturated carbocycles. The summed E-state index contributed by atoms with van der Waals surface area (Å²) in [7, 11) is 0. The molecule has 3 heterocycles. The minimum atomic E-state index is -0.00615. The molecule has 172 valence electrons. The topological polar surface area (TPSA) is 56.9 Å². The SMILES string of the molecule is CCc1ccc(C(c2sc3nc(CC)nn3c2O)N2CCN(Cc3ccccc3)CC2)cc1. The second-order valence-electron chi connectivity index (χ2n) is 8.66. The van der Waals surface area contributed by atoms with Crippen molar-refractivity contribution >= 4 is 16.3 Å². The van der Waals surface area contributed by atoms with E-state index in [2.05, 4.69) is 81.4 Å². The van der Waals surface area contributed by atoms with Gasteiger partial charge in [-0.05, 0) is 23.1 Å². The van der Waals surface area contributed by atoms with Crippen LogP contribution >= 0.6 is 11.3 Å². The Hall–Kier alpha value is -2.74. The van der Waals surface area contributed by atoms with E-state index in [-0.39, 0.29) is 11.9 Å². The summed E-state index contributed by atoms with van der Waals surface area (Å²) in [5, 5.41) is 15.6. The van der Waals surface area contributed by atoms with Crippen LogP contribution in [0.25, 0.3) is 4.96 Å². The Balaban J connectivity index is 1.42. The molecule has 0 aliphatic carbocycles. The number of fused-ring (bicyclic) bond motifs is 1. The molecule has 1 unspecified atom stereocenters. The number of piperazine rings is 1. The smallest absolute Gasteiger partial charge is 0.230 e. The van der Waals surface area contributed by atoms with Crippen LogP contribution in [-0.2, 0) is 19.4 Å². The molecule has 0 radical (unpaired) electrons. The molecule has 1 atom stereocenters. The molecule has 6 nitrogen and oxygen atoms in total. The number of aryl methyl sites for hydroxylation is 2. The molecule has 0 bridgehead atoms. The zero-order valence-electron chi connectivity index (χ0n) is 19.3. The molecule has 4 aromatic rings. The fourth-order valence-corrected chi connectivity index (χ4v) is 5.74. The van der Waals surface area contributed by atoms with Gasteiger partial charge >= 0.3 is 0 Å². The molecule has 1 aliphatic rings. The number of nitrogens with zero attached hydrogens (tertiary/aromatic N) is 5. The van der Waals surface area contributed by atoms with Gasteiger partial charge in [-0.15, -0.1) is 5.10 Å². The molecule has 2 aromatic carbocycles. The molecule has 1 fully saturated rings. The molecule has 1 N–H and O–H groups in total. The average Bonchev–Trinajstić information content (AvgIpc) is 3.40. The Morgan fingerprint density at radius 1 is 0.909 bits per heavy atom. The molecule has 0 amide bonds.